The van der Waals surface area contributed by atoms with E-state index >= 15 is 0 Å². The van der Waals surface area contributed by atoms with Crippen LogP contribution in [0.2, 0.25) is 0 Å². The molecule has 1 heterocycles. The number of aromatic carboxylic acids is 1. The summed E-state index contributed by atoms with van der Waals surface area (Å²) in [6, 6.07) is 2.35. The Morgan fingerprint density at radius 1 is 1.45 bits per heavy atom. The Morgan fingerprint density at radius 2 is 2.15 bits per heavy atom. The zero-order chi connectivity index (χ0) is 15.1. The van der Waals surface area contributed by atoms with Crippen LogP contribution in [-0.2, 0) is 10.8 Å². The number of carbonyl (C=O) groups excluding carboxylic acids is 1. The largest absolute Gasteiger partial charge is 0.477 e. The van der Waals surface area contributed by atoms with E-state index in [2.05, 4.69) is 15.6 Å². The van der Waals surface area contributed by atoms with E-state index in [4.69, 9.17) is 5.11 Å². The van der Waals surface area contributed by atoms with Crippen LogP contribution in [0.25, 0.3) is 0 Å². The first kappa shape index (κ1) is 16.1. The first-order valence-corrected chi connectivity index (χ1v) is 7.58. The zero-order valence-electron chi connectivity index (χ0n) is 11.3. The molecule has 1 aromatic rings. The highest BCUT2D eigenvalue weighted by molar-refractivity contribution is 7.84. The molecule has 0 aromatic carbocycles. The summed E-state index contributed by atoms with van der Waals surface area (Å²) in [4.78, 5) is 25.8. The average Bonchev–Trinajstić information content (AvgIpc) is 2.39. The molecule has 20 heavy (non-hydrogen) atoms. The van der Waals surface area contributed by atoms with Gasteiger partial charge in [-0.05, 0) is 18.6 Å². The van der Waals surface area contributed by atoms with Gasteiger partial charge in [0, 0.05) is 28.9 Å². The summed E-state index contributed by atoms with van der Waals surface area (Å²) in [5.74, 6) is -1.12. The van der Waals surface area contributed by atoms with Gasteiger partial charge in [0.1, 0.15) is 5.69 Å². The number of aromatic nitrogens is 1. The molecule has 0 saturated carbocycles. The van der Waals surface area contributed by atoms with Gasteiger partial charge in [-0.15, -0.1) is 0 Å². The van der Waals surface area contributed by atoms with E-state index in [9.17, 15) is 13.8 Å². The number of pyridine rings is 1. The van der Waals surface area contributed by atoms with Crippen LogP contribution in [0.4, 0.5) is 10.5 Å². The molecule has 1 aromatic heterocycles. The Kier molecular flexibility index (Phi) is 6.10. The third kappa shape index (κ3) is 5.35. The maximum Gasteiger partial charge on any atom is 0.354 e. The number of amides is 2. The minimum absolute atomic E-state index is 0.0202. The Balaban J connectivity index is 2.39. The van der Waals surface area contributed by atoms with Gasteiger partial charge < -0.3 is 15.7 Å². The van der Waals surface area contributed by atoms with Gasteiger partial charge in [0.05, 0.1) is 11.9 Å². The molecule has 2 unspecified atom stereocenters. The van der Waals surface area contributed by atoms with Crippen molar-refractivity contribution < 1.29 is 18.9 Å². The molecule has 0 bridgehead atoms. The number of hydrogen-bond donors (Lipinski definition) is 3. The molecular weight excluding hydrogens is 282 g/mol. The van der Waals surface area contributed by atoms with Crippen LogP contribution >= 0.6 is 0 Å². The first-order chi connectivity index (χ1) is 9.40. The van der Waals surface area contributed by atoms with Crippen molar-refractivity contribution in [2.75, 3.05) is 18.1 Å². The maximum atomic E-state index is 11.5. The highest BCUT2D eigenvalue weighted by atomic mass is 32.2. The van der Waals surface area contributed by atoms with Crippen LogP contribution in [0.3, 0.4) is 0 Å². The van der Waals surface area contributed by atoms with Gasteiger partial charge in [0.25, 0.3) is 0 Å². The zero-order valence-corrected chi connectivity index (χ0v) is 12.1. The second kappa shape index (κ2) is 7.59. The molecule has 8 heteroatoms. The van der Waals surface area contributed by atoms with Crippen LogP contribution in [-0.4, -0.2) is 44.4 Å². The third-order valence-corrected chi connectivity index (χ3v) is 4.01. The summed E-state index contributed by atoms with van der Waals surface area (Å²) in [6.45, 7) is 2.26. The summed E-state index contributed by atoms with van der Waals surface area (Å²) in [5.41, 5.74) is 0.315. The van der Waals surface area contributed by atoms with Crippen molar-refractivity contribution in [3.05, 3.63) is 24.0 Å². The number of urea groups is 1. The number of carboxylic acids is 1. The molecule has 0 saturated heterocycles. The van der Waals surface area contributed by atoms with Gasteiger partial charge in [-0.3, -0.25) is 4.21 Å². The van der Waals surface area contributed by atoms with Gasteiger partial charge in [-0.1, -0.05) is 6.92 Å². The standard InChI is InChI=1S/C12H17N3O4S/c1-8(20(2)19)5-6-13-12(18)15-9-3-4-10(11(16)17)14-7-9/h3-4,7-8H,5-6H2,1-2H3,(H,16,17)(H2,13,15,18). The van der Waals surface area contributed by atoms with Crippen molar-refractivity contribution >= 4 is 28.5 Å². The summed E-state index contributed by atoms with van der Waals surface area (Å²) in [6.07, 6.45) is 3.51. The molecule has 2 amide bonds. The molecule has 0 radical (unpaired) electrons. The molecule has 0 aliphatic rings. The Hall–Kier alpha value is -1.96. The van der Waals surface area contributed by atoms with E-state index in [0.717, 1.165) is 0 Å². The highest BCUT2D eigenvalue weighted by Crippen LogP contribution is 2.06. The number of hydrogen-bond acceptors (Lipinski definition) is 4. The maximum absolute atomic E-state index is 11.5. The summed E-state index contributed by atoms with van der Waals surface area (Å²) >= 11 is 0. The molecule has 0 spiro atoms. The lowest BCUT2D eigenvalue weighted by Gasteiger charge is -2.10. The predicted molar refractivity (Wildman–Crippen MR) is 76.4 cm³/mol. The fourth-order valence-corrected chi connectivity index (χ4v) is 1.77. The van der Waals surface area contributed by atoms with Crippen LogP contribution in [0.1, 0.15) is 23.8 Å². The van der Waals surface area contributed by atoms with E-state index in [-0.39, 0.29) is 10.9 Å². The molecule has 3 N–H and O–H groups in total. The van der Waals surface area contributed by atoms with E-state index in [1.165, 1.54) is 18.3 Å². The first-order valence-electron chi connectivity index (χ1n) is 5.96. The summed E-state index contributed by atoms with van der Waals surface area (Å²) < 4.78 is 11.1. The van der Waals surface area contributed by atoms with E-state index in [1.54, 1.807) is 6.26 Å². The van der Waals surface area contributed by atoms with Crippen LogP contribution in [0.15, 0.2) is 18.3 Å². The number of nitrogens with zero attached hydrogens (tertiary/aromatic N) is 1. The molecule has 0 aliphatic heterocycles. The normalized spacial score (nSPS) is 13.3. The van der Waals surface area contributed by atoms with Gasteiger partial charge in [0.15, 0.2) is 0 Å². The van der Waals surface area contributed by atoms with Gasteiger partial charge in [-0.25, -0.2) is 14.6 Å². The molecule has 110 valence electrons. The second-order valence-corrected chi connectivity index (χ2v) is 6.02. The van der Waals surface area contributed by atoms with Crippen molar-refractivity contribution in [3.8, 4) is 0 Å². The van der Waals surface area contributed by atoms with E-state index in [1.807, 2.05) is 6.92 Å². The van der Waals surface area contributed by atoms with Gasteiger partial charge in [-0.2, -0.15) is 0 Å². The topological polar surface area (TPSA) is 108 Å². The number of carbonyl (C=O) groups is 2. The molecule has 0 aliphatic carbocycles. The fourth-order valence-electron chi connectivity index (χ4n) is 1.32. The van der Waals surface area contributed by atoms with Crippen molar-refractivity contribution in [3.63, 3.8) is 0 Å². The van der Waals surface area contributed by atoms with Crippen molar-refractivity contribution in [2.24, 2.45) is 0 Å². The molecule has 0 fully saturated rings. The van der Waals surface area contributed by atoms with Crippen molar-refractivity contribution in [1.82, 2.24) is 10.3 Å². The molecule has 2 atom stereocenters. The minimum atomic E-state index is -1.12. The van der Waals surface area contributed by atoms with E-state index in [0.29, 0.717) is 18.7 Å². The smallest absolute Gasteiger partial charge is 0.354 e. The monoisotopic (exact) mass is 299 g/mol. The lowest BCUT2D eigenvalue weighted by Crippen LogP contribution is -2.31. The number of rotatable bonds is 6. The lowest BCUT2D eigenvalue weighted by atomic mass is 10.3. The molecule has 1 rings (SSSR count). The van der Waals surface area contributed by atoms with Gasteiger partial charge in [0.2, 0.25) is 0 Å². The van der Waals surface area contributed by atoms with E-state index < -0.39 is 22.8 Å². The number of nitrogens with one attached hydrogen (secondary N) is 2. The van der Waals surface area contributed by atoms with Crippen LogP contribution < -0.4 is 10.6 Å². The predicted octanol–water partition coefficient (Wildman–Crippen LogP) is 1.06. The van der Waals surface area contributed by atoms with Crippen molar-refractivity contribution in [2.45, 2.75) is 18.6 Å². The third-order valence-electron chi connectivity index (χ3n) is 2.64. The summed E-state index contributed by atoms with van der Waals surface area (Å²) in [5, 5.41) is 13.9. The van der Waals surface area contributed by atoms with Crippen molar-refractivity contribution in [1.29, 1.82) is 0 Å². The molecular formula is C12H17N3O4S. The number of anilines is 1. The fraction of sp³-hybridized carbons (Fsp3) is 0.417. The van der Waals surface area contributed by atoms with Gasteiger partial charge >= 0.3 is 12.0 Å². The SMILES string of the molecule is CC(CCNC(=O)Nc1ccc(C(=O)O)nc1)S(C)=O. The Bertz CT molecular complexity index is 504. The summed E-state index contributed by atoms with van der Waals surface area (Å²) in [7, 11) is -0.907. The Morgan fingerprint density at radius 3 is 2.65 bits per heavy atom. The lowest BCUT2D eigenvalue weighted by molar-refractivity contribution is 0.0690. The second-order valence-electron chi connectivity index (χ2n) is 4.22. The average molecular weight is 299 g/mol. The number of carboxylic acid groups (broad SMARTS) is 1. The van der Waals surface area contributed by atoms with Crippen LogP contribution in [0, 0.1) is 0 Å². The highest BCUT2D eigenvalue weighted by Gasteiger charge is 2.08. The minimum Gasteiger partial charge on any atom is -0.477 e. The quantitative estimate of drug-likeness (QED) is 0.727. The molecule has 7 nitrogen and oxygen atoms in total. The Labute approximate surface area is 119 Å². The van der Waals surface area contributed by atoms with Crippen LogP contribution in [0.5, 0.6) is 0 Å².